The van der Waals surface area contributed by atoms with Crippen molar-refractivity contribution in [2.75, 3.05) is 7.11 Å². The number of nitrogens with one attached hydrogen (secondary N) is 1. The number of hydrogen-bond donors (Lipinski definition) is 1. The molecule has 0 aliphatic rings. The van der Waals surface area contributed by atoms with Crippen molar-refractivity contribution in [1.29, 1.82) is 0 Å². The Balaban J connectivity index is 2.31. The lowest BCUT2D eigenvalue weighted by molar-refractivity contribution is 0.415. The summed E-state index contributed by atoms with van der Waals surface area (Å²) in [6, 6.07) is 11.7. The van der Waals surface area contributed by atoms with E-state index in [0.717, 1.165) is 32.4 Å². The highest BCUT2D eigenvalue weighted by molar-refractivity contribution is 9.10. The Morgan fingerprint density at radius 3 is 2.55 bits per heavy atom. The molecule has 0 bridgehead atoms. The number of fused-ring (bicyclic) bond motifs is 1. The van der Waals surface area contributed by atoms with Crippen LogP contribution in [0.25, 0.3) is 22.2 Å². The van der Waals surface area contributed by atoms with E-state index >= 15 is 0 Å². The standard InChI is InChI=1S/C15H13BrN2O2/c1-18-14-12(9-3-5-11(20-2)6-4-9)7-10(16)8-13(14)17-15(18)19/h3-8H,1-2H3,(H,17,19). The Kier molecular flexibility index (Phi) is 3.14. The lowest BCUT2D eigenvalue weighted by atomic mass is 10.0. The fourth-order valence-electron chi connectivity index (χ4n) is 2.35. The van der Waals surface area contributed by atoms with Crippen LogP contribution in [0.3, 0.4) is 0 Å². The van der Waals surface area contributed by atoms with Gasteiger partial charge in [0, 0.05) is 17.1 Å². The van der Waals surface area contributed by atoms with Gasteiger partial charge in [-0.3, -0.25) is 4.57 Å². The number of aryl methyl sites for hydroxylation is 1. The van der Waals surface area contributed by atoms with E-state index < -0.39 is 0 Å². The molecule has 0 unspecified atom stereocenters. The smallest absolute Gasteiger partial charge is 0.326 e. The number of rotatable bonds is 2. The summed E-state index contributed by atoms with van der Waals surface area (Å²) in [4.78, 5) is 14.7. The van der Waals surface area contributed by atoms with Crippen LogP contribution in [-0.4, -0.2) is 16.7 Å². The molecule has 0 amide bonds. The van der Waals surface area contributed by atoms with Crippen molar-refractivity contribution in [1.82, 2.24) is 9.55 Å². The molecule has 0 saturated heterocycles. The number of aromatic amines is 1. The van der Waals surface area contributed by atoms with Crippen LogP contribution < -0.4 is 10.4 Å². The molecule has 0 aliphatic heterocycles. The summed E-state index contributed by atoms with van der Waals surface area (Å²) in [5.41, 5.74) is 3.62. The maximum atomic E-state index is 11.8. The van der Waals surface area contributed by atoms with Gasteiger partial charge in [0.05, 0.1) is 18.1 Å². The number of halogens is 1. The number of ether oxygens (including phenoxy) is 1. The summed E-state index contributed by atoms with van der Waals surface area (Å²) in [5.74, 6) is 0.808. The Hall–Kier alpha value is -2.01. The number of H-pyrrole nitrogens is 1. The molecule has 0 atom stereocenters. The Labute approximate surface area is 124 Å². The first-order valence-electron chi connectivity index (χ1n) is 6.13. The highest BCUT2D eigenvalue weighted by Gasteiger charge is 2.11. The van der Waals surface area contributed by atoms with E-state index in [1.54, 1.807) is 18.7 Å². The van der Waals surface area contributed by atoms with Crippen LogP contribution in [0.4, 0.5) is 0 Å². The maximum Gasteiger partial charge on any atom is 0.326 e. The van der Waals surface area contributed by atoms with Gasteiger partial charge in [-0.2, -0.15) is 0 Å². The van der Waals surface area contributed by atoms with Crippen molar-refractivity contribution in [3.8, 4) is 16.9 Å². The zero-order valence-electron chi connectivity index (χ0n) is 11.1. The lowest BCUT2D eigenvalue weighted by Gasteiger charge is -2.07. The molecule has 0 fully saturated rings. The molecule has 1 heterocycles. The Morgan fingerprint density at radius 1 is 1.20 bits per heavy atom. The molecule has 0 spiro atoms. The highest BCUT2D eigenvalue weighted by Crippen LogP contribution is 2.31. The average molecular weight is 333 g/mol. The van der Waals surface area contributed by atoms with Gasteiger partial charge in [0.2, 0.25) is 0 Å². The Morgan fingerprint density at radius 2 is 1.90 bits per heavy atom. The molecule has 3 rings (SSSR count). The van der Waals surface area contributed by atoms with Gasteiger partial charge < -0.3 is 9.72 Å². The van der Waals surface area contributed by atoms with E-state index in [1.807, 2.05) is 36.4 Å². The minimum atomic E-state index is -0.118. The Bertz CT molecular complexity index is 831. The monoisotopic (exact) mass is 332 g/mol. The number of methoxy groups -OCH3 is 1. The second-order valence-corrected chi connectivity index (χ2v) is 5.48. The van der Waals surface area contributed by atoms with E-state index in [1.165, 1.54) is 0 Å². The molecule has 3 aromatic rings. The average Bonchev–Trinajstić information content (AvgIpc) is 2.73. The number of imidazole rings is 1. The van der Waals surface area contributed by atoms with Crippen molar-refractivity contribution in [2.24, 2.45) is 7.05 Å². The highest BCUT2D eigenvalue weighted by atomic mass is 79.9. The van der Waals surface area contributed by atoms with Crippen LogP contribution >= 0.6 is 15.9 Å². The SMILES string of the molecule is COc1ccc(-c2cc(Br)cc3[nH]c(=O)n(C)c23)cc1. The largest absolute Gasteiger partial charge is 0.497 e. The zero-order valence-corrected chi connectivity index (χ0v) is 12.7. The number of hydrogen-bond acceptors (Lipinski definition) is 2. The van der Waals surface area contributed by atoms with Crippen molar-refractivity contribution in [3.05, 3.63) is 51.4 Å². The fourth-order valence-corrected chi connectivity index (χ4v) is 2.80. The summed E-state index contributed by atoms with van der Waals surface area (Å²) in [6.45, 7) is 0. The van der Waals surface area contributed by atoms with Crippen molar-refractivity contribution < 1.29 is 4.74 Å². The van der Waals surface area contributed by atoms with Crippen molar-refractivity contribution >= 4 is 27.0 Å². The van der Waals surface area contributed by atoms with Gasteiger partial charge in [0.25, 0.3) is 0 Å². The lowest BCUT2D eigenvalue weighted by Crippen LogP contribution is -2.12. The third-order valence-electron chi connectivity index (χ3n) is 3.36. The summed E-state index contributed by atoms with van der Waals surface area (Å²) in [6.07, 6.45) is 0. The van der Waals surface area contributed by atoms with Gasteiger partial charge in [-0.05, 0) is 29.8 Å². The number of nitrogens with zero attached hydrogens (tertiary/aromatic N) is 1. The van der Waals surface area contributed by atoms with Crippen LogP contribution in [0.5, 0.6) is 5.75 Å². The predicted octanol–water partition coefficient (Wildman–Crippen LogP) is 3.30. The van der Waals surface area contributed by atoms with Crippen LogP contribution in [0, 0.1) is 0 Å². The number of aromatic nitrogens is 2. The van der Waals surface area contributed by atoms with Crippen molar-refractivity contribution in [3.63, 3.8) is 0 Å². The van der Waals surface area contributed by atoms with E-state index in [9.17, 15) is 4.79 Å². The molecule has 0 radical (unpaired) electrons. The second-order valence-electron chi connectivity index (χ2n) is 4.57. The fraction of sp³-hybridized carbons (Fsp3) is 0.133. The normalized spacial score (nSPS) is 10.9. The van der Waals surface area contributed by atoms with Gasteiger partial charge in [-0.15, -0.1) is 0 Å². The minimum Gasteiger partial charge on any atom is -0.497 e. The zero-order chi connectivity index (χ0) is 14.3. The van der Waals surface area contributed by atoms with Crippen molar-refractivity contribution in [2.45, 2.75) is 0 Å². The molecule has 4 nitrogen and oxygen atoms in total. The summed E-state index contributed by atoms with van der Waals surface area (Å²) in [7, 11) is 3.41. The van der Waals surface area contributed by atoms with Crippen LogP contribution in [0.15, 0.2) is 45.7 Å². The summed E-state index contributed by atoms with van der Waals surface area (Å²) in [5, 5.41) is 0. The molecule has 102 valence electrons. The molecule has 0 aliphatic carbocycles. The quantitative estimate of drug-likeness (QED) is 0.782. The third kappa shape index (κ3) is 2.04. The molecule has 2 aromatic carbocycles. The first-order chi connectivity index (χ1) is 9.60. The van der Waals surface area contributed by atoms with Crippen LogP contribution in [0.1, 0.15) is 0 Å². The van der Waals surface area contributed by atoms with E-state index in [0.29, 0.717) is 0 Å². The maximum absolute atomic E-state index is 11.8. The third-order valence-corrected chi connectivity index (χ3v) is 3.82. The molecule has 1 N–H and O–H groups in total. The first kappa shape index (κ1) is 13.0. The summed E-state index contributed by atoms with van der Waals surface area (Å²) < 4.78 is 7.73. The second kappa shape index (κ2) is 4.83. The first-order valence-corrected chi connectivity index (χ1v) is 6.92. The molecule has 0 saturated carbocycles. The van der Waals surface area contributed by atoms with E-state index in [2.05, 4.69) is 20.9 Å². The van der Waals surface area contributed by atoms with Gasteiger partial charge in [-0.1, -0.05) is 28.1 Å². The molecule has 1 aromatic heterocycles. The van der Waals surface area contributed by atoms with E-state index in [4.69, 9.17) is 4.74 Å². The number of benzene rings is 2. The van der Waals surface area contributed by atoms with E-state index in [-0.39, 0.29) is 5.69 Å². The summed E-state index contributed by atoms with van der Waals surface area (Å²) >= 11 is 3.49. The van der Waals surface area contributed by atoms with Gasteiger partial charge in [-0.25, -0.2) is 4.79 Å². The molecular formula is C15H13BrN2O2. The molecule has 5 heteroatoms. The topological polar surface area (TPSA) is 47.0 Å². The van der Waals surface area contributed by atoms with Crippen LogP contribution in [0.2, 0.25) is 0 Å². The van der Waals surface area contributed by atoms with Gasteiger partial charge in [0.1, 0.15) is 5.75 Å². The van der Waals surface area contributed by atoms with Gasteiger partial charge in [0.15, 0.2) is 0 Å². The molecule has 20 heavy (non-hydrogen) atoms. The van der Waals surface area contributed by atoms with Crippen LogP contribution in [-0.2, 0) is 7.05 Å². The predicted molar refractivity (Wildman–Crippen MR) is 83.2 cm³/mol. The molecular weight excluding hydrogens is 320 g/mol. The minimum absolute atomic E-state index is 0.118. The van der Waals surface area contributed by atoms with Gasteiger partial charge >= 0.3 is 5.69 Å².